The quantitative estimate of drug-likeness (QED) is 0.829. The Hall–Kier alpha value is -2.89. The molecule has 23 heavy (non-hydrogen) atoms. The number of hydrogen-bond donors (Lipinski definition) is 2. The highest BCUT2D eigenvalue weighted by Crippen LogP contribution is 2.18. The molecule has 0 fully saturated rings. The SMILES string of the molecule is COC(=O)c1cccc(Nc2ccc(NC(=O)C(C)C)nc2)c1. The Kier molecular flexibility index (Phi) is 5.30. The van der Waals surface area contributed by atoms with Crippen molar-refractivity contribution in [2.75, 3.05) is 17.7 Å². The Morgan fingerprint density at radius 2 is 1.91 bits per heavy atom. The van der Waals surface area contributed by atoms with Gasteiger partial charge in [0.25, 0.3) is 0 Å². The van der Waals surface area contributed by atoms with Crippen LogP contribution >= 0.6 is 0 Å². The molecule has 0 bridgehead atoms. The van der Waals surface area contributed by atoms with Crippen molar-refractivity contribution >= 4 is 29.1 Å². The van der Waals surface area contributed by atoms with Gasteiger partial charge in [-0.2, -0.15) is 0 Å². The van der Waals surface area contributed by atoms with Gasteiger partial charge in [0.1, 0.15) is 5.82 Å². The second-order valence-electron chi connectivity index (χ2n) is 5.27. The summed E-state index contributed by atoms with van der Waals surface area (Å²) in [4.78, 5) is 27.3. The van der Waals surface area contributed by atoms with E-state index in [1.165, 1.54) is 7.11 Å². The van der Waals surface area contributed by atoms with Crippen LogP contribution in [-0.4, -0.2) is 24.0 Å². The molecule has 1 aromatic heterocycles. The molecule has 0 radical (unpaired) electrons. The van der Waals surface area contributed by atoms with Crippen molar-refractivity contribution < 1.29 is 14.3 Å². The largest absolute Gasteiger partial charge is 0.465 e. The van der Waals surface area contributed by atoms with Gasteiger partial charge in [0.15, 0.2) is 0 Å². The van der Waals surface area contributed by atoms with Gasteiger partial charge in [0.2, 0.25) is 5.91 Å². The summed E-state index contributed by atoms with van der Waals surface area (Å²) < 4.78 is 4.69. The van der Waals surface area contributed by atoms with E-state index in [0.717, 1.165) is 11.4 Å². The molecular formula is C17H19N3O3. The number of benzene rings is 1. The lowest BCUT2D eigenvalue weighted by Gasteiger charge is -2.10. The van der Waals surface area contributed by atoms with Gasteiger partial charge in [0.05, 0.1) is 24.6 Å². The van der Waals surface area contributed by atoms with Crippen LogP contribution in [0.25, 0.3) is 0 Å². The molecule has 0 aliphatic carbocycles. The van der Waals surface area contributed by atoms with Crippen molar-refractivity contribution in [1.29, 1.82) is 0 Å². The minimum absolute atomic E-state index is 0.0796. The number of hydrogen-bond acceptors (Lipinski definition) is 5. The summed E-state index contributed by atoms with van der Waals surface area (Å²) in [5, 5.41) is 5.87. The molecule has 2 rings (SSSR count). The lowest BCUT2D eigenvalue weighted by Crippen LogP contribution is -2.18. The predicted octanol–water partition coefficient (Wildman–Crippen LogP) is 3.21. The Bertz CT molecular complexity index is 696. The van der Waals surface area contributed by atoms with Crippen LogP contribution in [0.3, 0.4) is 0 Å². The molecule has 0 unspecified atom stereocenters. The fourth-order valence-electron chi connectivity index (χ4n) is 1.82. The van der Waals surface area contributed by atoms with Gasteiger partial charge in [-0.25, -0.2) is 9.78 Å². The van der Waals surface area contributed by atoms with Crippen molar-refractivity contribution in [3.05, 3.63) is 48.2 Å². The van der Waals surface area contributed by atoms with Gasteiger partial charge in [-0.3, -0.25) is 4.79 Å². The summed E-state index contributed by atoms with van der Waals surface area (Å²) >= 11 is 0. The third kappa shape index (κ3) is 4.54. The zero-order chi connectivity index (χ0) is 16.8. The first-order chi connectivity index (χ1) is 11.0. The molecule has 0 saturated heterocycles. The van der Waals surface area contributed by atoms with Gasteiger partial charge in [-0.1, -0.05) is 19.9 Å². The predicted molar refractivity (Wildman–Crippen MR) is 88.8 cm³/mol. The maximum absolute atomic E-state index is 11.6. The van der Waals surface area contributed by atoms with Crippen LogP contribution in [0.15, 0.2) is 42.6 Å². The second kappa shape index (κ2) is 7.40. The van der Waals surface area contributed by atoms with E-state index in [-0.39, 0.29) is 11.8 Å². The normalized spacial score (nSPS) is 10.3. The number of carbonyl (C=O) groups is 2. The summed E-state index contributed by atoms with van der Waals surface area (Å²) in [5.41, 5.74) is 1.95. The van der Waals surface area contributed by atoms with E-state index in [4.69, 9.17) is 4.74 Å². The average Bonchev–Trinajstić information content (AvgIpc) is 2.56. The number of amides is 1. The Morgan fingerprint density at radius 1 is 1.13 bits per heavy atom. The van der Waals surface area contributed by atoms with Crippen molar-refractivity contribution in [1.82, 2.24) is 4.98 Å². The van der Waals surface area contributed by atoms with Gasteiger partial charge < -0.3 is 15.4 Å². The van der Waals surface area contributed by atoms with Crippen LogP contribution in [0.5, 0.6) is 0 Å². The van der Waals surface area contributed by atoms with Crippen LogP contribution in [-0.2, 0) is 9.53 Å². The molecule has 0 atom stereocenters. The van der Waals surface area contributed by atoms with E-state index in [1.807, 2.05) is 19.9 Å². The first-order valence-corrected chi connectivity index (χ1v) is 7.22. The van der Waals surface area contributed by atoms with Gasteiger partial charge in [-0.05, 0) is 30.3 Å². The van der Waals surface area contributed by atoms with Crippen LogP contribution in [0.1, 0.15) is 24.2 Å². The summed E-state index contributed by atoms with van der Waals surface area (Å²) in [5.74, 6) is -0.0734. The van der Waals surface area contributed by atoms with E-state index in [2.05, 4.69) is 15.6 Å². The third-order valence-electron chi connectivity index (χ3n) is 3.11. The maximum Gasteiger partial charge on any atom is 0.337 e. The molecule has 0 aliphatic heterocycles. The lowest BCUT2D eigenvalue weighted by atomic mass is 10.2. The highest BCUT2D eigenvalue weighted by Gasteiger charge is 2.08. The van der Waals surface area contributed by atoms with E-state index in [1.54, 1.807) is 36.5 Å². The molecule has 0 saturated carbocycles. The smallest absolute Gasteiger partial charge is 0.337 e. The fourth-order valence-corrected chi connectivity index (χ4v) is 1.82. The number of ether oxygens (including phenoxy) is 1. The Labute approximate surface area is 134 Å². The molecule has 6 heteroatoms. The summed E-state index contributed by atoms with van der Waals surface area (Å²) in [6.07, 6.45) is 1.61. The van der Waals surface area contributed by atoms with Gasteiger partial charge in [0, 0.05) is 11.6 Å². The molecule has 6 nitrogen and oxygen atoms in total. The number of aromatic nitrogens is 1. The monoisotopic (exact) mass is 313 g/mol. The van der Waals surface area contributed by atoms with Crippen molar-refractivity contribution in [2.45, 2.75) is 13.8 Å². The fraction of sp³-hybridized carbons (Fsp3) is 0.235. The Balaban J connectivity index is 2.06. The van der Waals surface area contributed by atoms with Crippen molar-refractivity contribution in [3.8, 4) is 0 Å². The zero-order valence-electron chi connectivity index (χ0n) is 13.3. The van der Waals surface area contributed by atoms with Crippen LogP contribution in [0, 0.1) is 5.92 Å². The number of anilines is 3. The van der Waals surface area contributed by atoms with Crippen molar-refractivity contribution in [2.24, 2.45) is 5.92 Å². The number of nitrogens with zero attached hydrogens (tertiary/aromatic N) is 1. The van der Waals surface area contributed by atoms with Crippen LogP contribution < -0.4 is 10.6 Å². The second-order valence-corrected chi connectivity index (χ2v) is 5.27. The van der Waals surface area contributed by atoms with Gasteiger partial charge in [-0.15, -0.1) is 0 Å². The minimum atomic E-state index is -0.390. The lowest BCUT2D eigenvalue weighted by molar-refractivity contribution is -0.118. The number of esters is 1. The molecule has 2 N–H and O–H groups in total. The minimum Gasteiger partial charge on any atom is -0.465 e. The molecule has 1 heterocycles. The zero-order valence-corrected chi connectivity index (χ0v) is 13.3. The van der Waals surface area contributed by atoms with E-state index in [0.29, 0.717) is 11.4 Å². The summed E-state index contributed by atoms with van der Waals surface area (Å²) in [7, 11) is 1.34. The average molecular weight is 313 g/mol. The molecule has 0 aliphatic rings. The first kappa shape index (κ1) is 16.5. The highest BCUT2D eigenvalue weighted by molar-refractivity contribution is 5.91. The van der Waals surface area contributed by atoms with Crippen molar-refractivity contribution in [3.63, 3.8) is 0 Å². The summed E-state index contributed by atoms with van der Waals surface area (Å²) in [6, 6.07) is 10.5. The molecule has 1 aromatic carbocycles. The molecule has 1 amide bonds. The number of pyridine rings is 1. The maximum atomic E-state index is 11.6. The molecule has 120 valence electrons. The third-order valence-corrected chi connectivity index (χ3v) is 3.11. The summed E-state index contributed by atoms with van der Waals surface area (Å²) in [6.45, 7) is 3.64. The van der Waals surface area contributed by atoms with Crippen LogP contribution in [0.2, 0.25) is 0 Å². The van der Waals surface area contributed by atoms with E-state index in [9.17, 15) is 9.59 Å². The number of rotatable bonds is 5. The number of carbonyl (C=O) groups excluding carboxylic acids is 2. The molecular weight excluding hydrogens is 294 g/mol. The molecule has 2 aromatic rings. The van der Waals surface area contributed by atoms with E-state index >= 15 is 0 Å². The van der Waals surface area contributed by atoms with Crippen LogP contribution in [0.4, 0.5) is 17.2 Å². The van der Waals surface area contributed by atoms with E-state index < -0.39 is 5.97 Å². The first-order valence-electron chi connectivity index (χ1n) is 7.22. The Morgan fingerprint density at radius 3 is 2.52 bits per heavy atom. The number of methoxy groups -OCH3 is 1. The standard InChI is InChI=1S/C17H19N3O3/c1-11(2)16(21)20-15-8-7-14(10-18-15)19-13-6-4-5-12(9-13)17(22)23-3/h4-11,19H,1-3H3,(H,18,20,21). The topological polar surface area (TPSA) is 80.3 Å². The van der Waals surface area contributed by atoms with Gasteiger partial charge >= 0.3 is 5.97 Å². The number of nitrogens with one attached hydrogen (secondary N) is 2. The highest BCUT2D eigenvalue weighted by atomic mass is 16.5. The molecule has 0 spiro atoms.